The largest absolute Gasteiger partial charge is 0.469 e. The molecule has 2 heteroatoms. The molecular weight excluding hydrogens is 164 g/mol. The van der Waals surface area contributed by atoms with Gasteiger partial charge in [0, 0.05) is 12.0 Å². The highest BCUT2D eigenvalue weighted by molar-refractivity contribution is 5.24. The summed E-state index contributed by atoms with van der Waals surface area (Å²) in [5.41, 5.74) is 1.20. The molecule has 0 unspecified atom stereocenters. The molecule has 2 aromatic heterocycles. The minimum atomic E-state index is 0.816. The second-order valence-electron chi connectivity index (χ2n) is 3.19. The lowest BCUT2D eigenvalue weighted by Gasteiger charge is -1.93. The Morgan fingerprint density at radius 3 is 2.69 bits per heavy atom. The van der Waals surface area contributed by atoms with Gasteiger partial charge in [-0.05, 0) is 32.0 Å². The maximum absolute atomic E-state index is 5.42. The zero-order valence-electron chi connectivity index (χ0n) is 7.83. The minimum absolute atomic E-state index is 0.816. The van der Waals surface area contributed by atoms with Crippen molar-refractivity contribution in [2.75, 3.05) is 0 Å². The zero-order valence-corrected chi connectivity index (χ0v) is 7.83. The van der Waals surface area contributed by atoms with Gasteiger partial charge in [-0.25, -0.2) is 0 Å². The Balaban J connectivity index is 2.23. The first-order valence-electron chi connectivity index (χ1n) is 4.34. The maximum Gasteiger partial charge on any atom is 0.108 e. The van der Waals surface area contributed by atoms with Gasteiger partial charge in [-0.1, -0.05) is 0 Å². The molecule has 0 bridgehead atoms. The van der Waals surface area contributed by atoms with Crippen LogP contribution >= 0.6 is 0 Å². The lowest BCUT2D eigenvalue weighted by atomic mass is 10.1. The summed E-state index contributed by atoms with van der Waals surface area (Å²) < 4.78 is 10.7. The molecule has 2 rings (SSSR count). The van der Waals surface area contributed by atoms with E-state index < -0.39 is 0 Å². The van der Waals surface area contributed by atoms with Crippen LogP contribution in [0.25, 0.3) is 0 Å². The third-order valence-corrected chi connectivity index (χ3v) is 2.09. The van der Waals surface area contributed by atoms with Crippen LogP contribution in [0.2, 0.25) is 0 Å². The van der Waals surface area contributed by atoms with Gasteiger partial charge in [0.05, 0.1) is 6.26 Å². The van der Waals surface area contributed by atoms with E-state index in [0.29, 0.717) is 0 Å². The summed E-state index contributed by atoms with van der Waals surface area (Å²) in [6.45, 7) is 3.93. The molecule has 0 aliphatic carbocycles. The minimum Gasteiger partial charge on any atom is -0.469 e. The molecule has 0 N–H and O–H groups in total. The fourth-order valence-corrected chi connectivity index (χ4v) is 1.46. The van der Waals surface area contributed by atoms with Crippen LogP contribution in [0.1, 0.15) is 22.8 Å². The predicted molar refractivity (Wildman–Crippen MR) is 49.7 cm³/mol. The van der Waals surface area contributed by atoms with Crippen LogP contribution in [0, 0.1) is 13.8 Å². The van der Waals surface area contributed by atoms with E-state index >= 15 is 0 Å². The fraction of sp³-hybridized carbons (Fsp3) is 0.273. The number of hydrogen-bond acceptors (Lipinski definition) is 2. The molecule has 0 atom stereocenters. The summed E-state index contributed by atoms with van der Waals surface area (Å²) in [7, 11) is 0. The first-order chi connectivity index (χ1) is 6.25. The van der Waals surface area contributed by atoms with Crippen molar-refractivity contribution >= 4 is 0 Å². The highest BCUT2D eigenvalue weighted by Crippen LogP contribution is 2.17. The van der Waals surface area contributed by atoms with Gasteiger partial charge in [0.25, 0.3) is 0 Å². The molecule has 0 amide bonds. The number of rotatable bonds is 2. The number of aryl methyl sites for hydroxylation is 2. The summed E-state index contributed by atoms with van der Waals surface area (Å²) in [5, 5.41) is 0. The molecule has 0 saturated carbocycles. The van der Waals surface area contributed by atoms with Crippen LogP contribution in [0.4, 0.5) is 0 Å². The van der Waals surface area contributed by atoms with Gasteiger partial charge in [0.2, 0.25) is 0 Å². The van der Waals surface area contributed by atoms with Gasteiger partial charge in [-0.2, -0.15) is 0 Å². The van der Waals surface area contributed by atoms with Gasteiger partial charge >= 0.3 is 0 Å². The molecular formula is C11H12O2. The van der Waals surface area contributed by atoms with E-state index in [1.54, 1.807) is 6.26 Å². The van der Waals surface area contributed by atoms with Gasteiger partial charge < -0.3 is 8.83 Å². The molecule has 0 aliphatic rings. The van der Waals surface area contributed by atoms with Crippen molar-refractivity contribution < 1.29 is 8.83 Å². The Morgan fingerprint density at radius 1 is 1.31 bits per heavy atom. The van der Waals surface area contributed by atoms with Crippen molar-refractivity contribution in [1.29, 1.82) is 0 Å². The van der Waals surface area contributed by atoms with Crippen LogP contribution in [0.3, 0.4) is 0 Å². The molecule has 0 fully saturated rings. The third-order valence-electron chi connectivity index (χ3n) is 2.09. The Hall–Kier alpha value is -1.44. The second kappa shape index (κ2) is 3.13. The predicted octanol–water partition coefficient (Wildman–Crippen LogP) is 3.08. The summed E-state index contributed by atoms with van der Waals surface area (Å²) in [4.78, 5) is 0. The highest BCUT2D eigenvalue weighted by Gasteiger charge is 2.06. The van der Waals surface area contributed by atoms with E-state index in [-0.39, 0.29) is 0 Å². The summed E-state index contributed by atoms with van der Waals surface area (Å²) in [5.74, 6) is 2.91. The molecule has 2 aromatic rings. The molecule has 0 saturated heterocycles. The van der Waals surface area contributed by atoms with Gasteiger partial charge in [0.1, 0.15) is 17.3 Å². The van der Waals surface area contributed by atoms with Crippen molar-refractivity contribution in [3.8, 4) is 0 Å². The average Bonchev–Trinajstić information content (AvgIpc) is 2.63. The molecule has 13 heavy (non-hydrogen) atoms. The topological polar surface area (TPSA) is 26.3 Å². The molecule has 0 aliphatic heterocycles. The first-order valence-corrected chi connectivity index (χ1v) is 4.34. The number of furan rings is 2. The van der Waals surface area contributed by atoms with Crippen LogP contribution in [-0.4, -0.2) is 0 Å². The number of hydrogen-bond donors (Lipinski definition) is 0. The smallest absolute Gasteiger partial charge is 0.108 e. The Kier molecular flexibility index (Phi) is 1.97. The van der Waals surface area contributed by atoms with E-state index in [1.807, 2.05) is 26.0 Å². The van der Waals surface area contributed by atoms with E-state index in [1.165, 1.54) is 5.56 Å². The van der Waals surface area contributed by atoms with E-state index in [9.17, 15) is 0 Å². The average molecular weight is 176 g/mol. The van der Waals surface area contributed by atoms with Crippen molar-refractivity contribution in [3.05, 3.63) is 47.3 Å². The summed E-state index contributed by atoms with van der Waals surface area (Å²) >= 11 is 0. The lowest BCUT2D eigenvalue weighted by Crippen LogP contribution is -1.84. The summed E-state index contributed by atoms with van der Waals surface area (Å²) in [6.07, 6.45) is 2.51. The summed E-state index contributed by atoms with van der Waals surface area (Å²) in [6, 6.07) is 5.93. The van der Waals surface area contributed by atoms with Gasteiger partial charge in [-0.15, -0.1) is 0 Å². The van der Waals surface area contributed by atoms with E-state index in [2.05, 4.69) is 6.07 Å². The molecule has 68 valence electrons. The van der Waals surface area contributed by atoms with Gasteiger partial charge in [0.15, 0.2) is 0 Å². The van der Waals surface area contributed by atoms with Crippen LogP contribution in [0.5, 0.6) is 0 Å². The van der Waals surface area contributed by atoms with Crippen LogP contribution < -0.4 is 0 Å². The van der Waals surface area contributed by atoms with E-state index in [0.717, 1.165) is 23.7 Å². The molecule has 2 nitrogen and oxygen atoms in total. The standard InChI is InChI=1S/C11H12O2/c1-8-6-10(9(2)13-8)7-11-4-3-5-12-11/h3-6H,7H2,1-2H3. The monoisotopic (exact) mass is 176 g/mol. The Bertz CT molecular complexity index is 382. The molecule has 0 aromatic carbocycles. The maximum atomic E-state index is 5.42. The van der Waals surface area contributed by atoms with Crippen molar-refractivity contribution in [2.24, 2.45) is 0 Å². The fourth-order valence-electron chi connectivity index (χ4n) is 1.46. The SMILES string of the molecule is Cc1cc(Cc2ccco2)c(C)o1. The second-order valence-corrected chi connectivity index (χ2v) is 3.19. The zero-order chi connectivity index (χ0) is 9.26. The van der Waals surface area contributed by atoms with Crippen molar-refractivity contribution in [1.82, 2.24) is 0 Å². The van der Waals surface area contributed by atoms with Crippen molar-refractivity contribution in [2.45, 2.75) is 20.3 Å². The first kappa shape index (κ1) is 8.17. The quantitative estimate of drug-likeness (QED) is 0.702. The van der Waals surface area contributed by atoms with Crippen molar-refractivity contribution in [3.63, 3.8) is 0 Å². The molecule has 2 heterocycles. The highest BCUT2D eigenvalue weighted by atomic mass is 16.3. The Labute approximate surface area is 77.2 Å². The normalized spacial score (nSPS) is 10.6. The third kappa shape index (κ3) is 1.66. The molecule has 0 spiro atoms. The van der Waals surface area contributed by atoms with E-state index in [4.69, 9.17) is 8.83 Å². The Morgan fingerprint density at radius 2 is 2.15 bits per heavy atom. The van der Waals surface area contributed by atoms with Gasteiger partial charge in [-0.3, -0.25) is 0 Å². The van der Waals surface area contributed by atoms with Crippen LogP contribution in [-0.2, 0) is 6.42 Å². The molecule has 0 radical (unpaired) electrons. The lowest BCUT2D eigenvalue weighted by molar-refractivity contribution is 0.495. The van der Waals surface area contributed by atoms with Crippen LogP contribution in [0.15, 0.2) is 33.3 Å².